The molecule has 0 atom stereocenters. The van der Waals surface area contributed by atoms with Gasteiger partial charge in [-0.15, -0.1) is 11.3 Å². The van der Waals surface area contributed by atoms with Crippen LogP contribution in [0, 0.1) is 0 Å². The Kier molecular flexibility index (Phi) is 4.48. The SMILES string of the molecule is NCCC(=O)Nc1nc(Cc2cccc(O)c2)cs1. The first-order valence-electron chi connectivity index (χ1n) is 5.89. The van der Waals surface area contributed by atoms with Crippen LogP contribution >= 0.6 is 11.3 Å². The lowest BCUT2D eigenvalue weighted by atomic mass is 10.1. The number of aromatic nitrogens is 1. The molecule has 0 aliphatic heterocycles. The van der Waals surface area contributed by atoms with Crippen molar-refractivity contribution in [2.24, 2.45) is 5.73 Å². The Hall–Kier alpha value is -1.92. The molecule has 100 valence electrons. The van der Waals surface area contributed by atoms with Gasteiger partial charge in [0.25, 0.3) is 0 Å². The normalized spacial score (nSPS) is 10.4. The molecule has 0 aliphatic carbocycles. The number of carbonyl (C=O) groups is 1. The van der Waals surface area contributed by atoms with E-state index in [0.29, 0.717) is 24.5 Å². The summed E-state index contributed by atoms with van der Waals surface area (Å²) >= 11 is 1.38. The zero-order valence-corrected chi connectivity index (χ0v) is 11.1. The first-order valence-corrected chi connectivity index (χ1v) is 6.77. The molecular weight excluding hydrogens is 262 g/mol. The molecule has 6 heteroatoms. The van der Waals surface area contributed by atoms with Crippen molar-refractivity contribution >= 4 is 22.4 Å². The number of phenols is 1. The van der Waals surface area contributed by atoms with Gasteiger partial charge in [-0.25, -0.2) is 4.98 Å². The number of nitrogens with two attached hydrogens (primary N) is 1. The molecule has 5 nitrogen and oxygen atoms in total. The fraction of sp³-hybridized carbons (Fsp3) is 0.231. The van der Waals surface area contributed by atoms with Gasteiger partial charge in [0.1, 0.15) is 5.75 Å². The van der Waals surface area contributed by atoms with E-state index in [0.717, 1.165) is 11.3 Å². The molecule has 0 saturated carbocycles. The molecule has 0 bridgehead atoms. The van der Waals surface area contributed by atoms with E-state index in [9.17, 15) is 9.90 Å². The second-order valence-corrected chi connectivity index (χ2v) is 4.94. The Morgan fingerprint density at radius 3 is 3.05 bits per heavy atom. The van der Waals surface area contributed by atoms with Crippen molar-refractivity contribution in [1.82, 2.24) is 4.98 Å². The van der Waals surface area contributed by atoms with Crippen LogP contribution in [0.2, 0.25) is 0 Å². The summed E-state index contributed by atoms with van der Waals surface area (Å²) in [6.45, 7) is 0.327. The number of carbonyl (C=O) groups excluding carboxylic acids is 1. The van der Waals surface area contributed by atoms with Crippen LogP contribution in [-0.2, 0) is 11.2 Å². The van der Waals surface area contributed by atoms with Gasteiger partial charge >= 0.3 is 0 Å². The number of phenolic OH excluding ortho intramolecular Hbond substituents is 1. The quantitative estimate of drug-likeness (QED) is 0.776. The molecule has 0 aliphatic rings. The molecule has 0 saturated heterocycles. The maximum Gasteiger partial charge on any atom is 0.227 e. The molecule has 0 spiro atoms. The van der Waals surface area contributed by atoms with E-state index in [-0.39, 0.29) is 11.7 Å². The molecule has 1 aromatic heterocycles. The summed E-state index contributed by atoms with van der Waals surface area (Å²) in [5.74, 6) is 0.116. The lowest BCUT2D eigenvalue weighted by Gasteiger charge is -2.00. The Morgan fingerprint density at radius 2 is 2.32 bits per heavy atom. The van der Waals surface area contributed by atoms with Crippen LogP contribution in [0.3, 0.4) is 0 Å². The van der Waals surface area contributed by atoms with Crippen LogP contribution in [0.15, 0.2) is 29.6 Å². The standard InChI is InChI=1S/C13H15N3O2S/c14-5-4-12(18)16-13-15-10(8-19-13)6-9-2-1-3-11(17)7-9/h1-3,7-8,17H,4-6,14H2,(H,15,16,18). The smallest absolute Gasteiger partial charge is 0.227 e. The number of nitrogens with one attached hydrogen (secondary N) is 1. The molecule has 0 radical (unpaired) electrons. The van der Waals surface area contributed by atoms with Crippen LogP contribution in [0.4, 0.5) is 5.13 Å². The van der Waals surface area contributed by atoms with E-state index >= 15 is 0 Å². The largest absolute Gasteiger partial charge is 0.508 e. The highest BCUT2D eigenvalue weighted by Crippen LogP contribution is 2.20. The zero-order chi connectivity index (χ0) is 13.7. The minimum absolute atomic E-state index is 0.124. The summed E-state index contributed by atoms with van der Waals surface area (Å²) in [5.41, 5.74) is 7.14. The van der Waals surface area contributed by atoms with Gasteiger partial charge in [0.2, 0.25) is 5.91 Å². The van der Waals surface area contributed by atoms with E-state index in [1.807, 2.05) is 11.4 Å². The number of aromatic hydroxyl groups is 1. The average molecular weight is 277 g/mol. The Morgan fingerprint density at radius 1 is 1.47 bits per heavy atom. The molecule has 4 N–H and O–H groups in total. The monoisotopic (exact) mass is 277 g/mol. The number of benzene rings is 1. The summed E-state index contributed by atoms with van der Waals surface area (Å²) in [5, 5.41) is 14.6. The predicted molar refractivity (Wildman–Crippen MR) is 75.3 cm³/mol. The second kappa shape index (κ2) is 6.31. The van der Waals surface area contributed by atoms with Crippen molar-refractivity contribution in [3.8, 4) is 5.75 Å². The predicted octanol–water partition coefficient (Wildman–Crippen LogP) is 1.73. The molecule has 1 amide bonds. The molecule has 0 unspecified atom stereocenters. The number of amides is 1. The molecule has 19 heavy (non-hydrogen) atoms. The number of hydrogen-bond donors (Lipinski definition) is 3. The fourth-order valence-corrected chi connectivity index (χ4v) is 2.36. The molecule has 2 aromatic rings. The van der Waals surface area contributed by atoms with Crippen LogP contribution in [0.25, 0.3) is 0 Å². The molecule has 2 rings (SSSR count). The van der Waals surface area contributed by atoms with Crippen molar-refractivity contribution in [2.75, 3.05) is 11.9 Å². The van der Waals surface area contributed by atoms with E-state index in [1.54, 1.807) is 18.2 Å². The van der Waals surface area contributed by atoms with E-state index in [1.165, 1.54) is 11.3 Å². The Labute approximate surface area is 115 Å². The summed E-state index contributed by atoms with van der Waals surface area (Å²) < 4.78 is 0. The van der Waals surface area contributed by atoms with Crippen LogP contribution in [-0.4, -0.2) is 22.5 Å². The van der Waals surface area contributed by atoms with Gasteiger partial charge in [-0.05, 0) is 17.7 Å². The topological polar surface area (TPSA) is 88.2 Å². The van der Waals surface area contributed by atoms with Crippen molar-refractivity contribution in [3.05, 3.63) is 40.9 Å². The van der Waals surface area contributed by atoms with Crippen molar-refractivity contribution in [3.63, 3.8) is 0 Å². The second-order valence-electron chi connectivity index (χ2n) is 4.08. The third kappa shape index (κ3) is 4.04. The number of anilines is 1. The minimum Gasteiger partial charge on any atom is -0.508 e. The summed E-state index contributed by atoms with van der Waals surface area (Å²) in [7, 11) is 0. The lowest BCUT2D eigenvalue weighted by molar-refractivity contribution is -0.116. The van der Waals surface area contributed by atoms with Gasteiger partial charge in [-0.2, -0.15) is 0 Å². The maximum absolute atomic E-state index is 11.4. The van der Waals surface area contributed by atoms with Gasteiger partial charge < -0.3 is 16.2 Å². The van der Waals surface area contributed by atoms with Crippen LogP contribution in [0.5, 0.6) is 5.75 Å². The van der Waals surface area contributed by atoms with Crippen molar-refractivity contribution in [1.29, 1.82) is 0 Å². The Balaban J connectivity index is 1.99. The van der Waals surface area contributed by atoms with Gasteiger partial charge in [-0.1, -0.05) is 12.1 Å². The summed E-state index contributed by atoms with van der Waals surface area (Å²) in [6.07, 6.45) is 0.916. The van der Waals surface area contributed by atoms with Crippen molar-refractivity contribution < 1.29 is 9.90 Å². The number of thiazole rings is 1. The number of hydrogen-bond acceptors (Lipinski definition) is 5. The van der Waals surface area contributed by atoms with E-state index in [4.69, 9.17) is 5.73 Å². The lowest BCUT2D eigenvalue weighted by Crippen LogP contribution is -2.16. The van der Waals surface area contributed by atoms with Crippen LogP contribution in [0.1, 0.15) is 17.7 Å². The van der Waals surface area contributed by atoms with Gasteiger partial charge in [0.05, 0.1) is 5.69 Å². The Bertz CT molecular complexity index is 569. The van der Waals surface area contributed by atoms with Gasteiger partial charge in [-0.3, -0.25) is 4.79 Å². The maximum atomic E-state index is 11.4. The third-order valence-corrected chi connectivity index (χ3v) is 3.27. The fourth-order valence-electron chi connectivity index (χ4n) is 1.63. The van der Waals surface area contributed by atoms with Crippen molar-refractivity contribution in [2.45, 2.75) is 12.8 Å². The third-order valence-electron chi connectivity index (χ3n) is 2.47. The summed E-state index contributed by atoms with van der Waals surface area (Å²) in [4.78, 5) is 15.7. The highest BCUT2D eigenvalue weighted by Gasteiger charge is 2.06. The van der Waals surface area contributed by atoms with Crippen LogP contribution < -0.4 is 11.1 Å². The van der Waals surface area contributed by atoms with Gasteiger partial charge in [0, 0.05) is 24.8 Å². The minimum atomic E-state index is -0.124. The van der Waals surface area contributed by atoms with E-state index < -0.39 is 0 Å². The first kappa shape index (κ1) is 13.5. The highest BCUT2D eigenvalue weighted by molar-refractivity contribution is 7.13. The number of rotatable bonds is 5. The first-order chi connectivity index (χ1) is 9.17. The van der Waals surface area contributed by atoms with Gasteiger partial charge in [0.15, 0.2) is 5.13 Å². The average Bonchev–Trinajstić information content (AvgIpc) is 2.76. The zero-order valence-electron chi connectivity index (χ0n) is 10.3. The number of nitrogens with zero attached hydrogens (tertiary/aromatic N) is 1. The highest BCUT2D eigenvalue weighted by atomic mass is 32.1. The molecular formula is C13H15N3O2S. The van der Waals surface area contributed by atoms with E-state index in [2.05, 4.69) is 10.3 Å². The molecule has 1 aromatic carbocycles. The summed E-state index contributed by atoms with van der Waals surface area (Å²) in [6, 6.07) is 7.04. The molecule has 0 fully saturated rings. The molecule has 1 heterocycles.